The molecule has 0 heterocycles. The Bertz CT molecular complexity index is 656. The van der Waals surface area contributed by atoms with Gasteiger partial charge in [-0.1, -0.05) is 17.7 Å². The van der Waals surface area contributed by atoms with Crippen LogP contribution in [0.4, 0.5) is 11.4 Å². The zero-order valence-electron chi connectivity index (χ0n) is 11.2. The number of carbonyl (C=O) groups is 1. The number of hydrogen-bond donors (Lipinski definition) is 2. The quantitative estimate of drug-likeness (QED) is 0.851. The number of nitrogen functional groups attached to an aromatic ring is 1. The van der Waals surface area contributed by atoms with Crippen LogP contribution in [0.25, 0.3) is 0 Å². The van der Waals surface area contributed by atoms with Gasteiger partial charge < -0.3 is 15.8 Å². The molecule has 2 aromatic carbocycles. The molecule has 20 heavy (non-hydrogen) atoms. The lowest BCUT2D eigenvalue weighted by atomic mass is 10.1. The Hall–Kier alpha value is -2.20. The number of halogens is 1. The maximum absolute atomic E-state index is 12.3. The second-order valence-electron chi connectivity index (χ2n) is 4.37. The third-order valence-electron chi connectivity index (χ3n) is 2.92. The van der Waals surface area contributed by atoms with Gasteiger partial charge in [-0.2, -0.15) is 0 Å². The first-order valence-electron chi connectivity index (χ1n) is 6.02. The third kappa shape index (κ3) is 3.03. The molecule has 0 atom stereocenters. The number of anilines is 2. The van der Waals surface area contributed by atoms with Crippen LogP contribution in [0.2, 0.25) is 5.02 Å². The van der Waals surface area contributed by atoms with E-state index in [1.54, 1.807) is 36.4 Å². The highest BCUT2D eigenvalue weighted by molar-refractivity contribution is 6.31. The number of nitrogens with two attached hydrogens (primary N) is 1. The van der Waals surface area contributed by atoms with Gasteiger partial charge in [-0.3, -0.25) is 4.79 Å². The molecule has 0 radical (unpaired) electrons. The van der Waals surface area contributed by atoms with Crippen molar-refractivity contribution in [1.29, 1.82) is 0 Å². The van der Waals surface area contributed by atoms with Crippen molar-refractivity contribution in [2.45, 2.75) is 6.92 Å². The number of benzene rings is 2. The zero-order valence-corrected chi connectivity index (χ0v) is 12.0. The van der Waals surface area contributed by atoms with Gasteiger partial charge in [0.25, 0.3) is 5.91 Å². The summed E-state index contributed by atoms with van der Waals surface area (Å²) in [6.07, 6.45) is 0. The van der Waals surface area contributed by atoms with Crippen LogP contribution in [0, 0.1) is 6.92 Å². The molecule has 0 saturated carbocycles. The number of aryl methyl sites for hydroxylation is 1. The van der Waals surface area contributed by atoms with Crippen LogP contribution in [-0.2, 0) is 0 Å². The average molecular weight is 291 g/mol. The second kappa shape index (κ2) is 5.84. The van der Waals surface area contributed by atoms with Crippen LogP contribution in [-0.4, -0.2) is 13.0 Å². The maximum Gasteiger partial charge on any atom is 0.256 e. The number of amides is 1. The van der Waals surface area contributed by atoms with E-state index in [0.717, 1.165) is 5.56 Å². The fourth-order valence-corrected chi connectivity index (χ4v) is 2.01. The third-order valence-corrected chi connectivity index (χ3v) is 3.15. The van der Waals surface area contributed by atoms with E-state index in [1.165, 1.54) is 7.11 Å². The van der Waals surface area contributed by atoms with Crippen molar-refractivity contribution < 1.29 is 9.53 Å². The molecule has 0 aliphatic carbocycles. The Balaban J connectivity index is 2.30. The van der Waals surface area contributed by atoms with E-state index < -0.39 is 0 Å². The Labute approximate surface area is 122 Å². The minimum atomic E-state index is -0.243. The first kappa shape index (κ1) is 14.2. The zero-order chi connectivity index (χ0) is 14.7. The molecule has 4 nitrogen and oxygen atoms in total. The van der Waals surface area contributed by atoms with E-state index in [4.69, 9.17) is 22.1 Å². The number of rotatable bonds is 3. The van der Waals surface area contributed by atoms with Crippen molar-refractivity contribution in [3.05, 3.63) is 52.5 Å². The van der Waals surface area contributed by atoms with Crippen LogP contribution in [0.5, 0.6) is 5.75 Å². The van der Waals surface area contributed by atoms with Gasteiger partial charge in [0.15, 0.2) is 0 Å². The molecule has 0 saturated heterocycles. The Morgan fingerprint density at radius 2 is 2.00 bits per heavy atom. The lowest BCUT2D eigenvalue weighted by Gasteiger charge is -2.12. The van der Waals surface area contributed by atoms with E-state index in [-0.39, 0.29) is 5.91 Å². The predicted molar refractivity (Wildman–Crippen MR) is 81.5 cm³/mol. The van der Waals surface area contributed by atoms with E-state index in [2.05, 4.69) is 5.32 Å². The first-order chi connectivity index (χ1) is 9.51. The normalized spacial score (nSPS) is 10.2. The van der Waals surface area contributed by atoms with Crippen molar-refractivity contribution >= 4 is 28.9 Å². The predicted octanol–water partition coefficient (Wildman–Crippen LogP) is 3.49. The number of nitrogens with one attached hydrogen (secondary N) is 1. The lowest BCUT2D eigenvalue weighted by Crippen LogP contribution is -2.14. The van der Waals surface area contributed by atoms with Crippen LogP contribution >= 0.6 is 11.6 Å². The average Bonchev–Trinajstić information content (AvgIpc) is 2.43. The molecular weight excluding hydrogens is 276 g/mol. The molecule has 104 valence electrons. The molecule has 2 aromatic rings. The summed E-state index contributed by atoms with van der Waals surface area (Å²) in [7, 11) is 1.52. The standard InChI is InChI=1S/C15H15ClN2O2/c1-9-3-4-10(16)7-12(9)15(19)18-13-6-5-11(17)8-14(13)20-2/h3-8H,17H2,1-2H3,(H,18,19). The highest BCUT2D eigenvalue weighted by Crippen LogP contribution is 2.27. The lowest BCUT2D eigenvalue weighted by molar-refractivity contribution is 0.102. The van der Waals surface area contributed by atoms with Crippen molar-refractivity contribution in [3.8, 4) is 5.75 Å². The van der Waals surface area contributed by atoms with E-state index in [0.29, 0.717) is 27.7 Å². The Kier molecular flexibility index (Phi) is 4.15. The largest absolute Gasteiger partial charge is 0.494 e. The molecule has 0 spiro atoms. The molecule has 1 amide bonds. The highest BCUT2D eigenvalue weighted by atomic mass is 35.5. The summed E-state index contributed by atoms with van der Waals surface area (Å²) in [5, 5.41) is 3.31. The van der Waals surface area contributed by atoms with Crippen LogP contribution in [0.3, 0.4) is 0 Å². The fraction of sp³-hybridized carbons (Fsp3) is 0.133. The van der Waals surface area contributed by atoms with E-state index in [9.17, 15) is 4.79 Å². The van der Waals surface area contributed by atoms with Gasteiger partial charge in [-0.15, -0.1) is 0 Å². The molecule has 0 unspecified atom stereocenters. The second-order valence-corrected chi connectivity index (χ2v) is 4.81. The van der Waals surface area contributed by atoms with Crippen molar-refractivity contribution in [3.63, 3.8) is 0 Å². The molecule has 5 heteroatoms. The summed E-state index contributed by atoms with van der Waals surface area (Å²) in [5.41, 5.74) is 8.18. The summed E-state index contributed by atoms with van der Waals surface area (Å²) in [6, 6.07) is 10.2. The van der Waals surface area contributed by atoms with Crippen LogP contribution < -0.4 is 15.8 Å². The van der Waals surface area contributed by atoms with Gasteiger partial charge in [0.1, 0.15) is 5.75 Å². The van der Waals surface area contributed by atoms with Crippen molar-refractivity contribution in [2.75, 3.05) is 18.2 Å². The molecule has 0 aliphatic rings. The van der Waals surface area contributed by atoms with Gasteiger partial charge in [0.2, 0.25) is 0 Å². The fourth-order valence-electron chi connectivity index (χ4n) is 1.84. The molecule has 3 N–H and O–H groups in total. The molecule has 2 rings (SSSR count). The summed E-state index contributed by atoms with van der Waals surface area (Å²) < 4.78 is 5.20. The summed E-state index contributed by atoms with van der Waals surface area (Å²) >= 11 is 5.92. The number of ether oxygens (including phenoxy) is 1. The smallest absolute Gasteiger partial charge is 0.256 e. The van der Waals surface area contributed by atoms with Crippen molar-refractivity contribution in [1.82, 2.24) is 0 Å². The van der Waals surface area contributed by atoms with Crippen molar-refractivity contribution in [2.24, 2.45) is 0 Å². The monoisotopic (exact) mass is 290 g/mol. The van der Waals surface area contributed by atoms with Crippen LogP contribution in [0.1, 0.15) is 15.9 Å². The number of hydrogen-bond acceptors (Lipinski definition) is 3. The SMILES string of the molecule is COc1cc(N)ccc1NC(=O)c1cc(Cl)ccc1C. The highest BCUT2D eigenvalue weighted by Gasteiger charge is 2.12. The summed E-state index contributed by atoms with van der Waals surface area (Å²) in [4.78, 5) is 12.3. The molecule has 0 aliphatic heterocycles. The topological polar surface area (TPSA) is 64.3 Å². The van der Waals surface area contributed by atoms with Crippen LogP contribution in [0.15, 0.2) is 36.4 Å². The van der Waals surface area contributed by atoms with Gasteiger partial charge >= 0.3 is 0 Å². The van der Waals surface area contributed by atoms with Gasteiger partial charge in [-0.05, 0) is 36.8 Å². The summed E-state index contributed by atoms with van der Waals surface area (Å²) in [6.45, 7) is 1.85. The molecule has 0 aromatic heterocycles. The molecule has 0 fully saturated rings. The van der Waals surface area contributed by atoms with Gasteiger partial charge in [-0.25, -0.2) is 0 Å². The Morgan fingerprint density at radius 3 is 2.70 bits per heavy atom. The minimum Gasteiger partial charge on any atom is -0.494 e. The maximum atomic E-state index is 12.3. The molecular formula is C15H15ClN2O2. The van der Waals surface area contributed by atoms with E-state index in [1.807, 2.05) is 6.92 Å². The van der Waals surface area contributed by atoms with E-state index >= 15 is 0 Å². The minimum absolute atomic E-state index is 0.243. The number of methoxy groups -OCH3 is 1. The van der Waals surface area contributed by atoms with Gasteiger partial charge in [0, 0.05) is 22.3 Å². The van der Waals surface area contributed by atoms with Gasteiger partial charge in [0.05, 0.1) is 12.8 Å². The number of carbonyl (C=O) groups excluding carboxylic acids is 1. The molecule has 0 bridgehead atoms. The summed E-state index contributed by atoms with van der Waals surface area (Å²) in [5.74, 6) is 0.270. The first-order valence-corrected chi connectivity index (χ1v) is 6.40. The Morgan fingerprint density at radius 1 is 1.25 bits per heavy atom.